The molecule has 1 aliphatic rings. The van der Waals surface area contributed by atoms with Gasteiger partial charge in [0, 0.05) is 12.3 Å². The van der Waals surface area contributed by atoms with Gasteiger partial charge in [0.15, 0.2) is 0 Å². The predicted octanol–water partition coefficient (Wildman–Crippen LogP) is 3.28. The van der Waals surface area contributed by atoms with E-state index in [-0.39, 0.29) is 24.5 Å². The van der Waals surface area contributed by atoms with Gasteiger partial charge in [-0.1, -0.05) is 13.0 Å². The topological polar surface area (TPSA) is 66.9 Å². The quantitative estimate of drug-likeness (QED) is 0.800. The molecule has 3 atom stereocenters. The van der Waals surface area contributed by atoms with E-state index in [0.29, 0.717) is 17.0 Å². The smallest absolute Gasteiger partial charge is 0.341 e. The van der Waals surface area contributed by atoms with E-state index in [9.17, 15) is 22.4 Å². The second-order valence-electron chi connectivity index (χ2n) is 6.54. The van der Waals surface area contributed by atoms with Crippen LogP contribution in [0.2, 0.25) is 0 Å². The highest BCUT2D eigenvalue weighted by Crippen LogP contribution is 2.34. The van der Waals surface area contributed by atoms with Crippen LogP contribution >= 0.6 is 0 Å². The van der Waals surface area contributed by atoms with E-state index in [2.05, 4.69) is 20.6 Å². The maximum Gasteiger partial charge on any atom is 0.419 e. The van der Waals surface area contributed by atoms with Crippen LogP contribution in [0.3, 0.4) is 0 Å². The van der Waals surface area contributed by atoms with Gasteiger partial charge in [-0.25, -0.2) is 14.4 Å². The van der Waals surface area contributed by atoms with Crippen LogP contribution in [0, 0.1) is 5.82 Å². The minimum atomic E-state index is -4.74. The largest absolute Gasteiger partial charge is 0.419 e. The Bertz CT molecular complexity index is 855. The fraction of sp³-hybridized carbons (Fsp3) is 0.389. The number of carbonyl (C=O) groups excluding carboxylic acids is 1. The number of hydrogen-bond donors (Lipinski definition) is 2. The number of alkyl halides is 3. The van der Waals surface area contributed by atoms with Crippen molar-refractivity contribution in [2.75, 3.05) is 0 Å². The zero-order valence-corrected chi connectivity index (χ0v) is 14.6. The molecule has 2 N–H and O–H groups in total. The van der Waals surface area contributed by atoms with Crippen LogP contribution in [-0.4, -0.2) is 22.0 Å². The van der Waals surface area contributed by atoms with Gasteiger partial charge in [-0.3, -0.25) is 10.1 Å². The van der Waals surface area contributed by atoms with Crippen LogP contribution in [0.5, 0.6) is 0 Å². The van der Waals surface area contributed by atoms with E-state index in [1.165, 1.54) is 12.4 Å². The van der Waals surface area contributed by atoms with E-state index >= 15 is 0 Å². The normalized spacial score (nSPS) is 21.6. The SMILES string of the molecule is CC1NC(=O)CC(c2cc(C(C)c3ccc(C(F)(F)F)c(F)c3)ncn2)N1. The molecule has 9 heteroatoms. The Morgan fingerprint density at radius 3 is 2.59 bits per heavy atom. The van der Waals surface area contributed by atoms with Gasteiger partial charge in [-0.05, 0) is 30.7 Å². The van der Waals surface area contributed by atoms with Crippen LogP contribution in [0.25, 0.3) is 0 Å². The molecule has 1 amide bonds. The second-order valence-corrected chi connectivity index (χ2v) is 6.54. The minimum Gasteiger partial charge on any atom is -0.341 e. The molecule has 3 unspecified atom stereocenters. The fourth-order valence-electron chi connectivity index (χ4n) is 3.10. The molecule has 5 nitrogen and oxygen atoms in total. The molecule has 3 rings (SSSR count). The molecule has 1 saturated heterocycles. The lowest BCUT2D eigenvalue weighted by molar-refractivity contribution is -0.140. The van der Waals surface area contributed by atoms with Crippen LogP contribution < -0.4 is 10.6 Å². The number of benzene rings is 1. The molecule has 0 aliphatic carbocycles. The molecule has 0 spiro atoms. The summed E-state index contributed by atoms with van der Waals surface area (Å²) in [4.78, 5) is 20.1. The summed E-state index contributed by atoms with van der Waals surface area (Å²) in [7, 11) is 0. The van der Waals surface area contributed by atoms with Crippen LogP contribution in [0.1, 0.15) is 54.7 Å². The molecular weight excluding hydrogens is 364 g/mol. The van der Waals surface area contributed by atoms with E-state index in [1.807, 2.05) is 0 Å². The van der Waals surface area contributed by atoms with Gasteiger partial charge in [-0.15, -0.1) is 0 Å². The summed E-state index contributed by atoms with van der Waals surface area (Å²) in [6.07, 6.45) is -3.40. The molecule has 1 aromatic heterocycles. The van der Waals surface area contributed by atoms with Crippen molar-refractivity contribution < 1.29 is 22.4 Å². The average Bonchev–Trinajstić information content (AvgIpc) is 2.59. The van der Waals surface area contributed by atoms with E-state index < -0.39 is 23.5 Å². The van der Waals surface area contributed by atoms with Gasteiger partial charge in [0.2, 0.25) is 5.91 Å². The number of nitrogens with one attached hydrogen (secondary N) is 2. The summed E-state index contributed by atoms with van der Waals surface area (Å²) in [5, 5.41) is 5.93. The lowest BCUT2D eigenvalue weighted by Gasteiger charge is -2.29. The Morgan fingerprint density at radius 1 is 1.22 bits per heavy atom. The molecule has 0 bridgehead atoms. The van der Waals surface area contributed by atoms with Crippen molar-refractivity contribution >= 4 is 5.91 Å². The molecule has 1 aliphatic heterocycles. The summed E-state index contributed by atoms with van der Waals surface area (Å²) in [5.41, 5.74) is 0.196. The molecule has 2 aromatic rings. The number of amides is 1. The van der Waals surface area contributed by atoms with Crippen LogP contribution in [0.15, 0.2) is 30.6 Å². The zero-order chi connectivity index (χ0) is 19.8. The Kier molecular flexibility index (Phi) is 5.14. The number of hydrogen-bond acceptors (Lipinski definition) is 4. The Balaban J connectivity index is 1.86. The Hall–Kier alpha value is -2.55. The third-order valence-electron chi connectivity index (χ3n) is 4.53. The summed E-state index contributed by atoms with van der Waals surface area (Å²) >= 11 is 0. The number of aromatic nitrogens is 2. The van der Waals surface area contributed by atoms with Gasteiger partial charge in [0.1, 0.15) is 12.1 Å². The van der Waals surface area contributed by atoms with Gasteiger partial charge < -0.3 is 5.32 Å². The third-order valence-corrected chi connectivity index (χ3v) is 4.53. The van der Waals surface area contributed by atoms with Gasteiger partial charge in [0.25, 0.3) is 0 Å². The van der Waals surface area contributed by atoms with Crippen molar-refractivity contribution in [2.45, 2.75) is 44.6 Å². The van der Waals surface area contributed by atoms with Crippen LogP contribution in [0.4, 0.5) is 17.6 Å². The summed E-state index contributed by atoms with van der Waals surface area (Å²) in [6, 6.07) is 4.24. The lowest BCUT2D eigenvalue weighted by atomic mass is 9.94. The third kappa shape index (κ3) is 4.24. The van der Waals surface area contributed by atoms with Crippen molar-refractivity contribution in [3.63, 3.8) is 0 Å². The van der Waals surface area contributed by atoms with Crippen molar-refractivity contribution in [3.05, 3.63) is 58.9 Å². The highest BCUT2D eigenvalue weighted by Gasteiger charge is 2.34. The molecule has 0 radical (unpaired) electrons. The molecule has 144 valence electrons. The summed E-state index contributed by atoms with van der Waals surface area (Å²) in [6.45, 7) is 3.53. The standard InChI is InChI=1S/C18H18F4N4O/c1-9(11-3-4-12(13(19)5-11)18(20,21)22)14-6-15(24-8-23-14)16-7-17(27)26-10(2)25-16/h3-6,8-10,16,25H,7H2,1-2H3,(H,26,27). The first-order valence-corrected chi connectivity index (χ1v) is 8.39. The molecule has 27 heavy (non-hydrogen) atoms. The Morgan fingerprint density at radius 2 is 1.96 bits per heavy atom. The maximum atomic E-state index is 13.9. The molecule has 1 fully saturated rings. The fourth-order valence-corrected chi connectivity index (χ4v) is 3.10. The molecular formula is C18H18F4N4O. The number of nitrogens with zero attached hydrogens (tertiary/aromatic N) is 2. The average molecular weight is 382 g/mol. The first kappa shape index (κ1) is 19.2. The molecule has 1 aromatic carbocycles. The number of carbonyl (C=O) groups is 1. The monoisotopic (exact) mass is 382 g/mol. The maximum absolute atomic E-state index is 13.9. The van der Waals surface area contributed by atoms with Crippen molar-refractivity contribution in [3.8, 4) is 0 Å². The van der Waals surface area contributed by atoms with E-state index in [1.54, 1.807) is 19.9 Å². The summed E-state index contributed by atoms with van der Waals surface area (Å²) < 4.78 is 52.1. The first-order valence-electron chi connectivity index (χ1n) is 8.39. The number of halogens is 4. The zero-order valence-electron chi connectivity index (χ0n) is 14.6. The highest BCUT2D eigenvalue weighted by atomic mass is 19.4. The Labute approximate surface area is 153 Å². The molecule has 2 heterocycles. The van der Waals surface area contributed by atoms with E-state index in [0.717, 1.165) is 12.1 Å². The van der Waals surface area contributed by atoms with Crippen molar-refractivity contribution in [1.29, 1.82) is 0 Å². The van der Waals surface area contributed by atoms with Gasteiger partial charge >= 0.3 is 6.18 Å². The summed E-state index contributed by atoms with van der Waals surface area (Å²) in [5.74, 6) is -1.87. The predicted molar refractivity (Wildman–Crippen MR) is 89.0 cm³/mol. The van der Waals surface area contributed by atoms with Crippen LogP contribution in [-0.2, 0) is 11.0 Å². The molecule has 0 saturated carbocycles. The highest BCUT2D eigenvalue weighted by molar-refractivity contribution is 5.77. The second kappa shape index (κ2) is 7.22. The van der Waals surface area contributed by atoms with Crippen molar-refractivity contribution in [1.82, 2.24) is 20.6 Å². The number of rotatable bonds is 3. The van der Waals surface area contributed by atoms with Gasteiger partial charge in [-0.2, -0.15) is 13.2 Å². The van der Waals surface area contributed by atoms with E-state index in [4.69, 9.17) is 0 Å². The van der Waals surface area contributed by atoms with Gasteiger partial charge in [0.05, 0.1) is 29.2 Å². The first-order chi connectivity index (χ1) is 12.6. The lowest BCUT2D eigenvalue weighted by Crippen LogP contribution is -2.51. The van der Waals surface area contributed by atoms with Crippen molar-refractivity contribution in [2.24, 2.45) is 0 Å². The minimum absolute atomic E-state index is 0.107.